The Kier molecular flexibility index (Phi) is 3.84. The van der Waals surface area contributed by atoms with Crippen molar-refractivity contribution in [3.63, 3.8) is 0 Å². The van der Waals surface area contributed by atoms with Crippen LogP contribution in [-0.4, -0.2) is 17.7 Å². The van der Waals surface area contributed by atoms with Gasteiger partial charge >= 0.3 is 6.96 Å². The first-order chi connectivity index (χ1) is 14.1. The van der Waals surface area contributed by atoms with E-state index >= 15 is 0 Å². The van der Waals surface area contributed by atoms with Gasteiger partial charge in [0.25, 0.3) is 11.5 Å². The van der Waals surface area contributed by atoms with Crippen molar-refractivity contribution in [2.45, 2.75) is 0 Å². The predicted octanol–water partition coefficient (Wildman–Crippen LogP) is 4.29. The highest BCUT2D eigenvalue weighted by Crippen LogP contribution is 2.43. The Bertz CT molecular complexity index is 1160. The molecule has 142 valence electrons. The quantitative estimate of drug-likeness (QED) is 0.290. The van der Waals surface area contributed by atoms with Crippen LogP contribution in [0.2, 0.25) is 0 Å². The maximum atomic E-state index is 11.1. The van der Waals surface area contributed by atoms with Crippen molar-refractivity contribution in [2.24, 2.45) is 0 Å². The van der Waals surface area contributed by atoms with Crippen LogP contribution in [0.4, 0.5) is 5.69 Å². The van der Waals surface area contributed by atoms with Crippen molar-refractivity contribution in [1.29, 1.82) is 0 Å². The molecule has 1 unspecified atom stereocenters. The molecule has 0 aliphatic carbocycles. The molecule has 0 aromatic heterocycles. The zero-order valence-electron chi connectivity index (χ0n) is 15.1. The fourth-order valence-corrected chi connectivity index (χ4v) is 3.26. The summed E-state index contributed by atoms with van der Waals surface area (Å²) in [6, 6.07) is 23.1. The average Bonchev–Trinajstić information content (AvgIpc) is 3.10. The van der Waals surface area contributed by atoms with E-state index in [1.165, 1.54) is 18.2 Å². The first kappa shape index (κ1) is 17.1. The number of ketones is 1. The van der Waals surface area contributed by atoms with Gasteiger partial charge in [-0.2, -0.15) is 0 Å². The molecule has 3 aromatic rings. The summed E-state index contributed by atoms with van der Waals surface area (Å²) in [7, 11) is 0. The molecule has 0 amide bonds. The predicted molar refractivity (Wildman–Crippen MR) is 106 cm³/mol. The largest absolute Gasteiger partial charge is 1.04 e. The van der Waals surface area contributed by atoms with Crippen molar-refractivity contribution in [3.05, 3.63) is 106 Å². The fraction of sp³-hybridized carbons (Fsp3) is 0. The summed E-state index contributed by atoms with van der Waals surface area (Å²) in [4.78, 5) is 10.6. The summed E-state index contributed by atoms with van der Waals surface area (Å²) in [6.07, 6.45) is 1.77. The third-order valence-electron chi connectivity index (χ3n) is 4.60. The molecule has 2 aliphatic rings. The highest BCUT2D eigenvalue weighted by molar-refractivity contribution is 6.57. The molecule has 5 rings (SSSR count). The van der Waals surface area contributed by atoms with Gasteiger partial charge in [-0.05, 0) is 18.2 Å². The summed E-state index contributed by atoms with van der Waals surface area (Å²) in [5.41, 5.74) is 1.53. The number of hydrogen-bond donors (Lipinski definition) is 0. The number of nitro benzene ring substituents is 1. The van der Waals surface area contributed by atoms with E-state index in [1.807, 2.05) is 60.7 Å². The summed E-state index contributed by atoms with van der Waals surface area (Å²) < 4.78 is 23.8. The summed E-state index contributed by atoms with van der Waals surface area (Å²) in [5.74, 6) is 1.54. The van der Waals surface area contributed by atoms with Crippen molar-refractivity contribution < 1.29 is 23.2 Å². The molecule has 0 bridgehead atoms. The highest BCUT2D eigenvalue weighted by Gasteiger charge is 2.64. The van der Waals surface area contributed by atoms with Crippen molar-refractivity contribution in [1.82, 2.24) is 0 Å². The molecule has 8 heteroatoms. The molecule has 1 atom stereocenters. The molecule has 2 aliphatic heterocycles. The Morgan fingerprint density at radius 2 is 1.45 bits per heavy atom. The van der Waals surface area contributed by atoms with E-state index in [1.54, 1.807) is 6.08 Å². The molecule has 0 fully saturated rings. The van der Waals surface area contributed by atoms with E-state index < -0.39 is 11.9 Å². The Balaban J connectivity index is 1.59. The van der Waals surface area contributed by atoms with Gasteiger partial charge in [0.05, 0.1) is 28.4 Å². The van der Waals surface area contributed by atoms with Crippen LogP contribution in [0.1, 0.15) is 15.5 Å². The molecule has 0 saturated heterocycles. The lowest BCUT2D eigenvalue weighted by Gasteiger charge is -2.25. The number of fused-ring (bicyclic) bond motifs is 1. The lowest BCUT2D eigenvalue weighted by molar-refractivity contribution is -0.384. The van der Waals surface area contributed by atoms with E-state index in [2.05, 4.69) is 0 Å². The van der Waals surface area contributed by atoms with Crippen LogP contribution >= 0.6 is 0 Å². The molecule has 3 aromatic carbocycles. The zero-order valence-corrected chi connectivity index (χ0v) is 15.1. The van der Waals surface area contributed by atoms with E-state index in [9.17, 15) is 10.1 Å². The summed E-state index contributed by atoms with van der Waals surface area (Å²) >= 11 is 0. The number of rotatable bonds is 3. The molecule has 29 heavy (non-hydrogen) atoms. The van der Waals surface area contributed by atoms with Gasteiger partial charge in [0.1, 0.15) is 11.5 Å². The molecule has 7 nitrogen and oxygen atoms in total. The minimum atomic E-state index is -2.72. The Labute approximate surface area is 165 Å². The second-order valence-electron chi connectivity index (χ2n) is 6.54. The number of benzene rings is 3. The minimum Gasteiger partial charge on any atom is -0.551 e. The smallest absolute Gasteiger partial charge is 0.551 e. The first-order valence-electron chi connectivity index (χ1n) is 8.98. The van der Waals surface area contributed by atoms with Gasteiger partial charge in [-0.1, -0.05) is 48.5 Å². The lowest BCUT2D eigenvalue weighted by Crippen LogP contribution is -2.49. The van der Waals surface area contributed by atoms with E-state index in [0.717, 1.165) is 11.1 Å². The zero-order chi connectivity index (χ0) is 19.8. The first-order valence-corrected chi connectivity index (χ1v) is 8.98. The second-order valence-corrected chi connectivity index (χ2v) is 6.54. The van der Waals surface area contributed by atoms with E-state index in [0.29, 0.717) is 17.3 Å². The van der Waals surface area contributed by atoms with Crippen LogP contribution in [0.5, 0.6) is 11.5 Å². The number of carbonyl (C=O) groups excluding carboxylic acids is 1. The number of nitro groups is 1. The fourth-order valence-electron chi connectivity index (χ4n) is 3.26. The van der Waals surface area contributed by atoms with Crippen LogP contribution < -0.4 is 9.31 Å². The van der Waals surface area contributed by atoms with Gasteiger partial charge in [-0.15, -0.1) is 0 Å². The lowest BCUT2D eigenvalue weighted by atomic mass is 9.99. The molecule has 1 spiro atoms. The molecule has 2 heterocycles. The maximum absolute atomic E-state index is 11.1. The van der Waals surface area contributed by atoms with Gasteiger partial charge in [-0.25, -0.2) is 0 Å². The van der Waals surface area contributed by atoms with Crippen LogP contribution in [0, 0.1) is 10.1 Å². The molecule has 0 radical (unpaired) electrons. The Hall–Kier alpha value is -4.07. The van der Waals surface area contributed by atoms with Gasteiger partial charge in [0.15, 0.2) is 0 Å². The van der Waals surface area contributed by atoms with Gasteiger partial charge < -0.3 is 18.3 Å². The van der Waals surface area contributed by atoms with E-state index in [4.69, 9.17) is 18.3 Å². The third kappa shape index (κ3) is 3.10. The number of nitrogens with zero attached hydrogens (tertiary/aromatic N) is 1. The van der Waals surface area contributed by atoms with E-state index in [-0.39, 0.29) is 11.4 Å². The monoisotopic (exact) mass is 387 g/mol. The highest BCUT2D eigenvalue weighted by atomic mass is 16.9. The Morgan fingerprint density at radius 1 is 0.793 bits per heavy atom. The topological polar surface area (TPSA) is 82.1 Å². The minimum absolute atomic E-state index is 0.109. The van der Waals surface area contributed by atoms with Crippen molar-refractivity contribution >= 4 is 24.2 Å². The van der Waals surface area contributed by atoms with Crippen LogP contribution in [0.15, 0.2) is 84.9 Å². The van der Waals surface area contributed by atoms with Crippen LogP contribution in [-0.2, 0) is 4.65 Å². The number of non-ortho nitro benzene ring substituents is 1. The Morgan fingerprint density at radius 3 is 2.14 bits per heavy atom. The standard InChI is InChI=1S/C21H14BNO6/c24-23(25)17-11-12-18-21(13-17)29-22(26-18)27-19(15-7-3-1-4-8-15)14-20(28-22)16-9-5-2-6-10-16/h1-14H. The van der Waals surface area contributed by atoms with Crippen LogP contribution in [0.25, 0.3) is 5.76 Å². The second kappa shape index (κ2) is 6.52. The number of allylic oxidation sites excluding steroid dienone is 1. The average molecular weight is 387 g/mol. The van der Waals surface area contributed by atoms with Gasteiger partial charge in [0, 0.05) is 11.6 Å². The molecule has 0 N–H and O–H groups in total. The van der Waals surface area contributed by atoms with Crippen molar-refractivity contribution in [3.8, 4) is 11.5 Å². The van der Waals surface area contributed by atoms with Gasteiger partial charge in [0.2, 0.25) is 0 Å². The normalized spacial score (nSPS) is 19.3. The van der Waals surface area contributed by atoms with Gasteiger partial charge in [-0.3, -0.25) is 10.1 Å². The molecular formula is C21H14BNO6. The summed E-state index contributed by atoms with van der Waals surface area (Å²) in [6.45, 7) is -2.72. The van der Waals surface area contributed by atoms with Crippen LogP contribution in [0.3, 0.4) is 0 Å². The van der Waals surface area contributed by atoms with Crippen molar-refractivity contribution in [2.75, 3.05) is 0 Å². The summed E-state index contributed by atoms with van der Waals surface area (Å²) in [5, 5.41) is 11.1. The number of hydrogen-bond acceptors (Lipinski definition) is 5. The maximum Gasteiger partial charge on any atom is 1.04 e. The molecular weight excluding hydrogens is 373 g/mol. The molecule has 0 saturated carbocycles. The third-order valence-corrected chi connectivity index (χ3v) is 4.60. The SMILES string of the molecule is O=[N+]([O-])c1ccc2c(c1)O[B-]1(OC(c3ccccc3)=CC(c3ccccc3)=[O+]1)O2.